The van der Waals surface area contributed by atoms with E-state index < -0.39 is 0 Å². The normalized spacial score (nSPS) is 10.7. The minimum Gasteiger partial charge on any atom is -0.436 e. The Labute approximate surface area is 224 Å². The maximum Gasteiger partial charge on any atom is 0.234 e. The third kappa shape index (κ3) is 6.55. The lowest BCUT2D eigenvalue weighted by atomic mass is 10.2. The van der Waals surface area contributed by atoms with Gasteiger partial charge in [0.05, 0.1) is 5.75 Å². The monoisotopic (exact) mass is 524 g/mol. The number of fused-ring (bicyclic) bond motifs is 1. The van der Waals surface area contributed by atoms with Crippen molar-refractivity contribution in [3.05, 3.63) is 103 Å². The average molecular weight is 525 g/mol. The van der Waals surface area contributed by atoms with Crippen LogP contribution < -0.4 is 16.0 Å². The molecule has 0 saturated heterocycles. The molecule has 0 fully saturated rings. The van der Waals surface area contributed by atoms with E-state index in [4.69, 9.17) is 16.6 Å². The van der Waals surface area contributed by atoms with E-state index >= 15 is 0 Å². The number of amides is 1. The summed E-state index contributed by atoms with van der Waals surface area (Å²) in [4.78, 5) is 18.0. The van der Waals surface area contributed by atoms with Gasteiger partial charge in [0.25, 0.3) is 0 Å². The van der Waals surface area contributed by atoms with E-state index in [0.717, 1.165) is 32.9 Å². The molecule has 5 rings (SSSR count). The number of benzene rings is 4. The smallest absolute Gasteiger partial charge is 0.234 e. The van der Waals surface area contributed by atoms with Gasteiger partial charge in [-0.1, -0.05) is 35.9 Å². The largest absolute Gasteiger partial charge is 0.436 e. The van der Waals surface area contributed by atoms with Crippen LogP contribution in [0.2, 0.25) is 0 Å². The van der Waals surface area contributed by atoms with Gasteiger partial charge in [0.1, 0.15) is 5.52 Å². The van der Waals surface area contributed by atoms with Crippen molar-refractivity contribution < 1.29 is 9.21 Å². The molecule has 6 nitrogen and oxygen atoms in total. The molecule has 37 heavy (non-hydrogen) atoms. The Morgan fingerprint density at radius 3 is 2.32 bits per heavy atom. The standard InChI is InChI=1S/C29H24N4O2S2/c1-19-9-13-22(14-10-19)31-29(36)32-23-5-4-6-24(17-23)37-18-27(34)30-21-15-11-20(12-16-21)28-33-25-7-2-3-8-26(25)35-28/h2-17H,18H2,1H3,(H,30,34)(H2,31,32,36). The fraction of sp³-hybridized carbons (Fsp3) is 0.0690. The van der Waals surface area contributed by atoms with Gasteiger partial charge >= 0.3 is 0 Å². The van der Waals surface area contributed by atoms with Crippen LogP contribution >= 0.6 is 24.0 Å². The Bertz CT molecular complexity index is 1510. The minimum absolute atomic E-state index is 0.0884. The number of aryl methyl sites for hydroxylation is 1. The van der Waals surface area contributed by atoms with E-state index in [0.29, 0.717) is 16.7 Å². The van der Waals surface area contributed by atoms with Gasteiger partial charge in [-0.05, 0) is 85.9 Å². The Kier molecular flexibility index (Phi) is 7.49. The number of thiocarbonyl (C=S) groups is 1. The summed E-state index contributed by atoms with van der Waals surface area (Å²) in [6.45, 7) is 2.04. The number of hydrogen-bond acceptors (Lipinski definition) is 5. The summed E-state index contributed by atoms with van der Waals surface area (Å²) >= 11 is 6.88. The fourth-order valence-corrected chi connectivity index (χ4v) is 4.62. The molecule has 0 aliphatic carbocycles. The van der Waals surface area contributed by atoms with E-state index in [1.165, 1.54) is 17.3 Å². The van der Waals surface area contributed by atoms with Crippen LogP contribution in [-0.4, -0.2) is 21.8 Å². The number of nitrogens with one attached hydrogen (secondary N) is 3. The lowest BCUT2D eigenvalue weighted by molar-refractivity contribution is -0.113. The zero-order chi connectivity index (χ0) is 25.6. The van der Waals surface area contributed by atoms with Gasteiger partial charge in [-0.15, -0.1) is 11.8 Å². The molecular weight excluding hydrogens is 500 g/mol. The van der Waals surface area contributed by atoms with E-state index in [1.54, 1.807) is 0 Å². The predicted octanol–water partition coefficient (Wildman–Crippen LogP) is 7.34. The van der Waals surface area contributed by atoms with Crippen LogP contribution in [0.5, 0.6) is 0 Å². The van der Waals surface area contributed by atoms with Crippen LogP contribution in [0.4, 0.5) is 17.1 Å². The lowest BCUT2D eigenvalue weighted by Crippen LogP contribution is -2.19. The molecule has 0 atom stereocenters. The molecule has 5 aromatic rings. The van der Waals surface area contributed by atoms with E-state index in [9.17, 15) is 4.79 Å². The maximum absolute atomic E-state index is 12.5. The number of oxazole rings is 1. The highest BCUT2D eigenvalue weighted by atomic mass is 32.2. The molecule has 1 heterocycles. The molecule has 1 aromatic heterocycles. The van der Waals surface area contributed by atoms with Crippen molar-refractivity contribution in [2.24, 2.45) is 0 Å². The van der Waals surface area contributed by atoms with Crippen molar-refractivity contribution in [3.8, 4) is 11.5 Å². The van der Waals surface area contributed by atoms with Crippen LogP contribution in [0.1, 0.15) is 5.56 Å². The molecule has 0 radical (unpaired) electrons. The number of thioether (sulfide) groups is 1. The maximum atomic E-state index is 12.5. The summed E-state index contributed by atoms with van der Waals surface area (Å²) < 4.78 is 5.81. The molecule has 3 N–H and O–H groups in total. The van der Waals surface area contributed by atoms with Crippen molar-refractivity contribution in [2.75, 3.05) is 21.7 Å². The fourth-order valence-electron chi connectivity index (χ4n) is 3.63. The zero-order valence-electron chi connectivity index (χ0n) is 20.0. The number of hydrogen-bond donors (Lipinski definition) is 3. The molecule has 1 amide bonds. The molecule has 0 spiro atoms. The molecule has 0 bridgehead atoms. The van der Waals surface area contributed by atoms with Crippen molar-refractivity contribution >= 4 is 63.2 Å². The van der Waals surface area contributed by atoms with Crippen LogP contribution in [0.15, 0.2) is 106 Å². The molecule has 4 aromatic carbocycles. The number of carbonyl (C=O) groups excluding carboxylic acids is 1. The first-order valence-corrected chi connectivity index (χ1v) is 13.0. The minimum atomic E-state index is -0.0884. The van der Waals surface area contributed by atoms with E-state index in [2.05, 4.69) is 20.9 Å². The lowest BCUT2D eigenvalue weighted by Gasteiger charge is -2.12. The first-order valence-electron chi connectivity index (χ1n) is 11.7. The summed E-state index contributed by atoms with van der Waals surface area (Å²) in [5.41, 5.74) is 6.09. The summed E-state index contributed by atoms with van der Waals surface area (Å²) in [5.74, 6) is 0.744. The second-order valence-electron chi connectivity index (χ2n) is 8.37. The van der Waals surface area contributed by atoms with Crippen molar-refractivity contribution in [1.82, 2.24) is 4.98 Å². The number of aromatic nitrogens is 1. The van der Waals surface area contributed by atoms with E-state index in [1.807, 2.05) is 104 Å². The third-order valence-electron chi connectivity index (χ3n) is 5.48. The van der Waals surface area contributed by atoms with Gasteiger partial charge in [-0.25, -0.2) is 4.98 Å². The van der Waals surface area contributed by atoms with Gasteiger partial charge in [-0.3, -0.25) is 4.79 Å². The van der Waals surface area contributed by atoms with Crippen LogP contribution in [0.25, 0.3) is 22.6 Å². The van der Waals surface area contributed by atoms with Gasteiger partial charge in [0, 0.05) is 27.5 Å². The third-order valence-corrected chi connectivity index (χ3v) is 6.68. The number of carbonyl (C=O) groups is 1. The van der Waals surface area contributed by atoms with Crippen molar-refractivity contribution in [1.29, 1.82) is 0 Å². The summed E-state index contributed by atoms with van der Waals surface area (Å²) in [7, 11) is 0. The molecule has 0 unspecified atom stereocenters. The number of para-hydroxylation sites is 2. The quantitative estimate of drug-likeness (QED) is 0.152. The zero-order valence-corrected chi connectivity index (χ0v) is 21.7. The molecular formula is C29H24N4O2S2. The van der Waals surface area contributed by atoms with Crippen LogP contribution in [-0.2, 0) is 4.79 Å². The van der Waals surface area contributed by atoms with Gasteiger partial charge in [-0.2, -0.15) is 0 Å². The predicted molar refractivity (Wildman–Crippen MR) is 156 cm³/mol. The van der Waals surface area contributed by atoms with Crippen molar-refractivity contribution in [2.45, 2.75) is 11.8 Å². The van der Waals surface area contributed by atoms with E-state index in [-0.39, 0.29) is 11.7 Å². The first-order chi connectivity index (χ1) is 18.0. The van der Waals surface area contributed by atoms with Gasteiger partial charge < -0.3 is 20.4 Å². The SMILES string of the molecule is Cc1ccc(NC(=S)Nc2cccc(SCC(=O)Nc3ccc(-c4nc5ccccc5o4)cc3)c2)cc1. The molecule has 184 valence electrons. The van der Waals surface area contributed by atoms with Crippen LogP contribution in [0, 0.1) is 6.92 Å². The number of anilines is 3. The van der Waals surface area contributed by atoms with Gasteiger partial charge in [0.2, 0.25) is 11.8 Å². The van der Waals surface area contributed by atoms with Crippen LogP contribution in [0.3, 0.4) is 0 Å². The molecule has 8 heteroatoms. The number of nitrogens with zero attached hydrogens (tertiary/aromatic N) is 1. The highest BCUT2D eigenvalue weighted by Gasteiger charge is 2.09. The Morgan fingerprint density at radius 1 is 0.838 bits per heavy atom. The Balaban J connectivity index is 1.12. The first kappa shape index (κ1) is 24.5. The Hall–Kier alpha value is -4.14. The molecule has 0 aliphatic rings. The van der Waals surface area contributed by atoms with Crippen molar-refractivity contribution in [3.63, 3.8) is 0 Å². The highest BCUT2D eigenvalue weighted by Crippen LogP contribution is 2.26. The Morgan fingerprint density at radius 2 is 1.54 bits per heavy atom. The molecule has 0 saturated carbocycles. The topological polar surface area (TPSA) is 79.2 Å². The summed E-state index contributed by atoms with van der Waals surface area (Å²) in [6, 6.07) is 30.9. The summed E-state index contributed by atoms with van der Waals surface area (Å²) in [5, 5.41) is 9.81. The second kappa shape index (κ2) is 11.3. The van der Waals surface area contributed by atoms with Gasteiger partial charge in [0.15, 0.2) is 10.7 Å². The molecule has 0 aliphatic heterocycles. The number of rotatable bonds is 7. The average Bonchev–Trinajstić information content (AvgIpc) is 3.34. The highest BCUT2D eigenvalue weighted by molar-refractivity contribution is 8.00. The summed E-state index contributed by atoms with van der Waals surface area (Å²) in [6.07, 6.45) is 0. The second-order valence-corrected chi connectivity index (χ2v) is 9.83.